The summed E-state index contributed by atoms with van der Waals surface area (Å²) in [5.74, 6) is -0.566. The molecule has 5 heteroatoms. The van der Waals surface area contributed by atoms with Gasteiger partial charge in [-0.2, -0.15) is 0 Å². The zero-order valence-electron chi connectivity index (χ0n) is 11.5. The van der Waals surface area contributed by atoms with Crippen LogP contribution in [0.1, 0.15) is 24.3 Å². The molecule has 0 aliphatic heterocycles. The predicted octanol–water partition coefficient (Wildman–Crippen LogP) is 1.49. The third-order valence-electron chi connectivity index (χ3n) is 2.69. The Morgan fingerprint density at radius 2 is 1.90 bits per heavy atom. The van der Waals surface area contributed by atoms with Gasteiger partial charge in [0.25, 0.3) is 5.91 Å². The van der Waals surface area contributed by atoms with E-state index in [9.17, 15) is 9.59 Å². The van der Waals surface area contributed by atoms with E-state index >= 15 is 0 Å². The molecule has 0 saturated carbocycles. The third-order valence-corrected chi connectivity index (χ3v) is 2.69. The van der Waals surface area contributed by atoms with Gasteiger partial charge in [-0.05, 0) is 26.0 Å². The molecule has 104 valence electrons. The van der Waals surface area contributed by atoms with E-state index in [-0.39, 0.29) is 24.4 Å². The van der Waals surface area contributed by atoms with E-state index in [1.165, 1.54) is 0 Å². The van der Waals surface area contributed by atoms with E-state index in [0.717, 1.165) is 10.9 Å². The first-order valence-electron chi connectivity index (χ1n) is 6.49. The molecule has 2 rings (SSSR count). The first kappa shape index (κ1) is 14.0. The lowest BCUT2D eigenvalue weighted by Crippen LogP contribution is -2.40. The Balaban J connectivity index is 2.02. The first-order valence-corrected chi connectivity index (χ1v) is 6.49. The normalized spacial score (nSPS) is 10.6. The van der Waals surface area contributed by atoms with Gasteiger partial charge in [-0.3, -0.25) is 9.59 Å². The van der Waals surface area contributed by atoms with Crippen molar-refractivity contribution >= 4 is 22.7 Å². The standard InChI is InChI=1S/C15H17N3O2/c1-10(2)17-14(19)9-16-15(20)13-8-7-11-5-3-4-6-12(11)18-13/h3-8,10H,9H2,1-2H3,(H,16,20)(H,17,19). The minimum absolute atomic E-state index is 0.0501. The van der Waals surface area contributed by atoms with Gasteiger partial charge in [-0.15, -0.1) is 0 Å². The molecule has 20 heavy (non-hydrogen) atoms. The topological polar surface area (TPSA) is 71.1 Å². The number of hydrogen-bond donors (Lipinski definition) is 2. The van der Waals surface area contributed by atoms with Gasteiger partial charge in [-0.1, -0.05) is 24.3 Å². The molecule has 1 aromatic heterocycles. The second-order valence-corrected chi connectivity index (χ2v) is 4.79. The SMILES string of the molecule is CC(C)NC(=O)CNC(=O)c1ccc2ccccc2n1. The van der Waals surface area contributed by atoms with E-state index in [0.29, 0.717) is 5.69 Å². The van der Waals surface area contributed by atoms with Crippen molar-refractivity contribution in [2.75, 3.05) is 6.54 Å². The lowest BCUT2D eigenvalue weighted by atomic mass is 10.2. The van der Waals surface area contributed by atoms with Crippen molar-refractivity contribution in [3.63, 3.8) is 0 Å². The maximum Gasteiger partial charge on any atom is 0.270 e. The molecule has 0 atom stereocenters. The van der Waals surface area contributed by atoms with Crippen LogP contribution in [0.5, 0.6) is 0 Å². The molecule has 0 fully saturated rings. The number of amides is 2. The molecule has 0 spiro atoms. The van der Waals surface area contributed by atoms with Crippen LogP contribution in [0.2, 0.25) is 0 Å². The highest BCUT2D eigenvalue weighted by molar-refractivity contribution is 5.96. The average molecular weight is 271 g/mol. The summed E-state index contributed by atoms with van der Waals surface area (Å²) in [7, 11) is 0. The fraction of sp³-hybridized carbons (Fsp3) is 0.267. The zero-order valence-corrected chi connectivity index (χ0v) is 11.5. The van der Waals surface area contributed by atoms with E-state index < -0.39 is 0 Å². The molecule has 0 saturated heterocycles. The molecule has 0 aliphatic carbocycles. The van der Waals surface area contributed by atoms with Gasteiger partial charge >= 0.3 is 0 Å². The van der Waals surface area contributed by atoms with Crippen molar-refractivity contribution in [1.82, 2.24) is 15.6 Å². The van der Waals surface area contributed by atoms with Crippen LogP contribution in [-0.4, -0.2) is 29.4 Å². The van der Waals surface area contributed by atoms with Crippen LogP contribution in [0.15, 0.2) is 36.4 Å². The summed E-state index contributed by atoms with van der Waals surface area (Å²) in [5.41, 5.74) is 1.06. The fourth-order valence-corrected chi connectivity index (χ4v) is 1.82. The van der Waals surface area contributed by atoms with E-state index in [1.54, 1.807) is 6.07 Å². The van der Waals surface area contributed by atoms with Crippen molar-refractivity contribution in [2.45, 2.75) is 19.9 Å². The molecule has 0 aliphatic rings. The third kappa shape index (κ3) is 3.54. The van der Waals surface area contributed by atoms with Gasteiger partial charge in [0.2, 0.25) is 5.91 Å². The molecule has 1 aromatic carbocycles. The highest BCUT2D eigenvalue weighted by atomic mass is 16.2. The van der Waals surface area contributed by atoms with Crippen molar-refractivity contribution in [1.29, 1.82) is 0 Å². The van der Waals surface area contributed by atoms with Crippen molar-refractivity contribution in [2.24, 2.45) is 0 Å². The molecule has 5 nitrogen and oxygen atoms in total. The van der Waals surface area contributed by atoms with Crippen LogP contribution in [0, 0.1) is 0 Å². The van der Waals surface area contributed by atoms with Crippen molar-refractivity contribution in [3.05, 3.63) is 42.1 Å². The summed E-state index contributed by atoms with van der Waals surface area (Å²) in [4.78, 5) is 27.7. The Hall–Kier alpha value is -2.43. The highest BCUT2D eigenvalue weighted by Gasteiger charge is 2.10. The zero-order chi connectivity index (χ0) is 14.5. The molecule has 1 heterocycles. The number of nitrogens with zero attached hydrogens (tertiary/aromatic N) is 1. The maximum absolute atomic E-state index is 11.9. The Bertz CT molecular complexity index is 638. The van der Waals surface area contributed by atoms with Crippen LogP contribution >= 0.6 is 0 Å². The van der Waals surface area contributed by atoms with Gasteiger partial charge < -0.3 is 10.6 Å². The Morgan fingerprint density at radius 1 is 1.15 bits per heavy atom. The molecular weight excluding hydrogens is 254 g/mol. The maximum atomic E-state index is 11.9. The van der Waals surface area contributed by atoms with Gasteiger partial charge in [0.05, 0.1) is 12.1 Å². The van der Waals surface area contributed by atoms with E-state index in [1.807, 2.05) is 44.2 Å². The number of para-hydroxylation sites is 1. The Morgan fingerprint density at radius 3 is 2.65 bits per heavy atom. The number of aromatic nitrogens is 1. The largest absolute Gasteiger partial charge is 0.352 e. The van der Waals surface area contributed by atoms with Crippen LogP contribution in [0.4, 0.5) is 0 Å². The number of hydrogen-bond acceptors (Lipinski definition) is 3. The van der Waals surface area contributed by atoms with Crippen LogP contribution in [0.3, 0.4) is 0 Å². The monoisotopic (exact) mass is 271 g/mol. The molecule has 2 N–H and O–H groups in total. The fourth-order valence-electron chi connectivity index (χ4n) is 1.82. The first-order chi connectivity index (χ1) is 9.56. The van der Waals surface area contributed by atoms with Crippen molar-refractivity contribution in [3.8, 4) is 0 Å². The number of carbonyl (C=O) groups is 2. The van der Waals surface area contributed by atoms with E-state index in [2.05, 4.69) is 15.6 Å². The molecular formula is C15H17N3O2. The molecule has 2 amide bonds. The smallest absolute Gasteiger partial charge is 0.270 e. The number of fused-ring (bicyclic) bond motifs is 1. The molecule has 0 radical (unpaired) electrons. The second kappa shape index (κ2) is 6.14. The van der Waals surface area contributed by atoms with E-state index in [4.69, 9.17) is 0 Å². The predicted molar refractivity (Wildman–Crippen MR) is 77.4 cm³/mol. The lowest BCUT2D eigenvalue weighted by Gasteiger charge is -2.09. The van der Waals surface area contributed by atoms with Gasteiger partial charge in [0.1, 0.15) is 5.69 Å². The van der Waals surface area contributed by atoms with Gasteiger partial charge in [-0.25, -0.2) is 4.98 Å². The number of rotatable bonds is 4. The molecule has 0 bridgehead atoms. The highest BCUT2D eigenvalue weighted by Crippen LogP contribution is 2.11. The van der Waals surface area contributed by atoms with Gasteiger partial charge in [0.15, 0.2) is 0 Å². The summed E-state index contributed by atoms with van der Waals surface area (Å²) in [6, 6.07) is 11.1. The summed E-state index contributed by atoms with van der Waals surface area (Å²) in [6.45, 7) is 3.68. The summed E-state index contributed by atoms with van der Waals surface area (Å²) >= 11 is 0. The Labute approximate surface area is 117 Å². The molecule has 0 unspecified atom stereocenters. The second-order valence-electron chi connectivity index (χ2n) is 4.79. The molecule has 2 aromatic rings. The Kier molecular flexibility index (Phi) is 4.30. The minimum atomic E-state index is -0.352. The van der Waals surface area contributed by atoms with Crippen molar-refractivity contribution < 1.29 is 9.59 Å². The summed E-state index contributed by atoms with van der Waals surface area (Å²) < 4.78 is 0. The number of nitrogens with one attached hydrogen (secondary N) is 2. The van der Waals surface area contributed by atoms with Crippen LogP contribution < -0.4 is 10.6 Å². The minimum Gasteiger partial charge on any atom is -0.352 e. The summed E-state index contributed by atoms with van der Waals surface area (Å²) in [5, 5.41) is 6.23. The van der Waals surface area contributed by atoms with Gasteiger partial charge in [0, 0.05) is 11.4 Å². The lowest BCUT2D eigenvalue weighted by molar-refractivity contribution is -0.120. The number of carbonyl (C=O) groups excluding carboxylic acids is 2. The average Bonchev–Trinajstić information content (AvgIpc) is 2.43. The van der Waals surface area contributed by atoms with Crippen LogP contribution in [-0.2, 0) is 4.79 Å². The van der Waals surface area contributed by atoms with Crippen LogP contribution in [0.25, 0.3) is 10.9 Å². The number of benzene rings is 1. The summed E-state index contributed by atoms with van der Waals surface area (Å²) in [6.07, 6.45) is 0. The number of pyridine rings is 1. The quantitative estimate of drug-likeness (QED) is 0.885.